The summed E-state index contributed by atoms with van der Waals surface area (Å²) in [5.41, 5.74) is 0.656. The molecule has 4 heterocycles. The van der Waals surface area contributed by atoms with E-state index in [1.54, 1.807) is 41.5 Å². The summed E-state index contributed by atoms with van der Waals surface area (Å²) in [7, 11) is 0. The van der Waals surface area contributed by atoms with Gasteiger partial charge in [0.05, 0.1) is 66.3 Å². The molecule has 534 valence electrons. The van der Waals surface area contributed by atoms with Crippen molar-refractivity contribution in [2.75, 3.05) is 9.80 Å². The summed E-state index contributed by atoms with van der Waals surface area (Å²) in [6.07, 6.45) is 0. The van der Waals surface area contributed by atoms with Gasteiger partial charge in [-0.05, 0) is 208 Å². The number of nitrogens with zero attached hydrogens (tertiary/aromatic N) is 4. The molecule has 18 rings (SSSR count). The van der Waals surface area contributed by atoms with Crippen LogP contribution in [-0.2, 0) is 27.1 Å². The first-order chi connectivity index (χ1) is 62.3. The van der Waals surface area contributed by atoms with E-state index in [1.807, 2.05) is 164 Å². The third kappa shape index (κ3) is 11.7. The highest BCUT2D eigenvalue weighted by molar-refractivity contribution is 7.00. The van der Waals surface area contributed by atoms with Crippen molar-refractivity contribution in [1.82, 2.24) is 9.13 Å². The van der Waals surface area contributed by atoms with Gasteiger partial charge in [0.25, 0.3) is 6.71 Å². The van der Waals surface area contributed by atoms with Crippen molar-refractivity contribution in [3.8, 4) is 67.0 Å². The lowest BCUT2D eigenvalue weighted by Gasteiger charge is -2.47. The first-order valence-corrected chi connectivity index (χ1v) is 37.2. The van der Waals surface area contributed by atoms with Crippen LogP contribution < -0.4 is 26.2 Å². The Morgan fingerprint density at radius 1 is 0.266 bits per heavy atom. The standard InChI is InChI=1S/C104H95BN4/c1-100(2,3)72-46-53-91-85(56-72)86-57-73(101(4,5)6)47-54-92(86)107(91)78-49-51-88-94(65-78)109(99-82(69-39-27-19-28-40-69)60-75(103(10,11)12)61-83(99)70-41-29-20-30-42-70)96-63-76(104(13,14)15)62-95-97(96)105(88)87-50-48-77(106-89-44-32-31-43-79(89)84-55-71(45-52-90(84)106)66-33-21-16-22-34-66)64-93(87)108(95)98-80(67-35-23-17-24-36-67)58-74(102(7,8)9)59-81(98)68-37-25-18-26-38-68/h16-65H,1-15H3/i16D,21D,22D,31D,32D,33D,34D,43D,44D,45D,46D,47D,48D,49D,50D,51D,52D,53D,54D,55D,56D,57D,64D,65D. The predicted molar refractivity (Wildman–Crippen MR) is 470 cm³/mol. The van der Waals surface area contributed by atoms with Crippen LogP contribution in [0.5, 0.6) is 0 Å². The zero-order valence-electron chi connectivity index (χ0n) is 87.9. The molecule has 14 aromatic carbocycles. The fourth-order valence-electron chi connectivity index (χ4n) is 15.4. The van der Waals surface area contributed by atoms with E-state index < -0.39 is 211 Å². The van der Waals surface area contributed by atoms with Crippen molar-refractivity contribution in [2.45, 2.75) is 131 Å². The minimum absolute atomic E-state index is 0.0592. The second-order valence-corrected chi connectivity index (χ2v) is 33.9. The summed E-state index contributed by atoms with van der Waals surface area (Å²) < 4.78 is 249. The molecule has 0 aliphatic carbocycles. The molecule has 5 heteroatoms. The average Bonchev–Trinajstić information content (AvgIpc) is 1.66. The molecule has 0 N–H and O–H groups in total. The first-order valence-electron chi connectivity index (χ1n) is 49.2. The van der Waals surface area contributed by atoms with Crippen LogP contribution in [0.4, 0.5) is 34.1 Å². The molecule has 2 aliphatic rings. The van der Waals surface area contributed by atoms with E-state index in [9.17, 15) is 28.8 Å². The number of anilines is 6. The summed E-state index contributed by atoms with van der Waals surface area (Å²) in [5.74, 6) is 0. The van der Waals surface area contributed by atoms with Crippen LogP contribution in [-0.4, -0.2) is 15.8 Å². The van der Waals surface area contributed by atoms with Crippen molar-refractivity contribution >= 4 is 101 Å². The third-order valence-electron chi connectivity index (χ3n) is 21.3. The smallest absolute Gasteiger partial charge is 0.252 e. The van der Waals surface area contributed by atoms with Crippen LogP contribution >= 0.6 is 0 Å². The van der Waals surface area contributed by atoms with Crippen LogP contribution in [0.1, 0.15) is 165 Å². The maximum atomic E-state index is 12.0. The maximum absolute atomic E-state index is 12.0. The van der Waals surface area contributed by atoms with Gasteiger partial charge >= 0.3 is 0 Å². The minimum Gasteiger partial charge on any atom is -0.310 e. The van der Waals surface area contributed by atoms with E-state index in [2.05, 4.69) is 65.8 Å². The summed E-state index contributed by atoms with van der Waals surface area (Å²) in [6.45, 7) is 27.8. The lowest BCUT2D eigenvalue weighted by atomic mass is 9.33. The Morgan fingerprint density at radius 2 is 0.606 bits per heavy atom. The molecule has 0 unspecified atom stereocenters. The second-order valence-electron chi connectivity index (χ2n) is 33.9. The number of hydrogen-bond acceptors (Lipinski definition) is 2. The van der Waals surface area contributed by atoms with Gasteiger partial charge < -0.3 is 18.9 Å². The molecule has 0 amide bonds. The average molecular weight is 1440 g/mol. The van der Waals surface area contributed by atoms with Gasteiger partial charge in [-0.3, -0.25) is 0 Å². The third-order valence-corrected chi connectivity index (χ3v) is 21.3. The number of benzene rings is 14. The quantitative estimate of drug-likeness (QED) is 0.134. The molecule has 4 nitrogen and oxygen atoms in total. The van der Waals surface area contributed by atoms with Crippen molar-refractivity contribution in [2.24, 2.45) is 0 Å². The van der Waals surface area contributed by atoms with E-state index in [0.29, 0.717) is 72.6 Å². The highest BCUT2D eigenvalue weighted by Gasteiger charge is 2.47. The molecular formula is C104H95BN4. The lowest BCUT2D eigenvalue weighted by Crippen LogP contribution is -2.61. The van der Waals surface area contributed by atoms with E-state index in [0.717, 1.165) is 15.7 Å². The summed E-state index contributed by atoms with van der Waals surface area (Å²) >= 11 is 0. The molecule has 0 spiro atoms. The summed E-state index contributed by atoms with van der Waals surface area (Å²) in [4.78, 5) is 3.82. The molecule has 0 radical (unpaired) electrons. The van der Waals surface area contributed by atoms with Crippen LogP contribution in [0.25, 0.3) is 111 Å². The Morgan fingerprint density at radius 3 is 0.991 bits per heavy atom. The van der Waals surface area contributed by atoms with Crippen LogP contribution in [0.2, 0.25) is 0 Å². The molecule has 109 heavy (non-hydrogen) atoms. The Balaban J connectivity index is 1.13. The summed E-state index contributed by atoms with van der Waals surface area (Å²) in [6, 6.07) is 34.4. The topological polar surface area (TPSA) is 16.3 Å². The zero-order valence-corrected chi connectivity index (χ0v) is 63.9. The van der Waals surface area contributed by atoms with Crippen molar-refractivity contribution in [3.63, 3.8) is 0 Å². The van der Waals surface area contributed by atoms with Crippen LogP contribution in [0, 0.1) is 0 Å². The molecule has 2 aromatic heterocycles. The van der Waals surface area contributed by atoms with E-state index >= 15 is 0 Å². The van der Waals surface area contributed by atoms with Crippen molar-refractivity contribution in [3.05, 3.63) is 331 Å². The van der Waals surface area contributed by atoms with E-state index in [4.69, 9.17) is 4.11 Å². The van der Waals surface area contributed by atoms with Gasteiger partial charge in [-0.15, -0.1) is 0 Å². The Labute approximate surface area is 678 Å². The number of rotatable bonds is 9. The van der Waals surface area contributed by atoms with E-state index in [1.165, 1.54) is 4.57 Å². The molecule has 2 aliphatic heterocycles. The lowest BCUT2D eigenvalue weighted by molar-refractivity contribution is 0.590. The van der Waals surface area contributed by atoms with Crippen LogP contribution in [0.15, 0.2) is 303 Å². The number of hydrogen-bond donors (Lipinski definition) is 0. The minimum atomic E-state index is -1.68. The molecule has 0 saturated heterocycles. The molecular weight excluding hydrogens is 1320 g/mol. The molecule has 0 saturated carbocycles. The fraction of sp³-hybridized carbons (Fsp3) is 0.192. The molecule has 0 fully saturated rings. The highest BCUT2D eigenvalue weighted by atomic mass is 15.2. The SMILES string of the molecule is [2H]c1c([2H])c([2H])c(-c2c([2H])c([2H])c3c(c2[2H])c2c([2H])c([2H])c([2H])c([2H])c2n3-c2c([2H])c([2H])c3c(c2[2H])N(c2c(-c4ccccc4)cc(C(C)(C)C)cc2-c2ccccc2)c2cc(C(C)(C)C)cc4c2B3c2c([2H])c([2H])c(-n3c5c([2H])c([2H])c(C(C)(C)C)c([2H])c5c5c([2H])c(C(C)(C)C)c([2H])c([2H])c53)c([2H])c2N4c2c(-c3ccccc3)cc(C(C)(C)C)cc2-c2ccccc2)c([2H])c1[2H]. The Hall–Kier alpha value is -11.7. The highest BCUT2D eigenvalue weighted by Crippen LogP contribution is 2.56. The van der Waals surface area contributed by atoms with Gasteiger partial charge in [0, 0.05) is 77.9 Å². The van der Waals surface area contributed by atoms with Gasteiger partial charge in [0.2, 0.25) is 0 Å². The number of fused-ring (bicyclic) bond motifs is 10. The summed E-state index contributed by atoms with van der Waals surface area (Å²) in [5, 5.41) is -1.09. The predicted octanol–water partition coefficient (Wildman–Crippen LogP) is 26.8. The Bertz CT molecular complexity index is 7550. The molecule has 16 aromatic rings. The number of aromatic nitrogens is 2. The largest absolute Gasteiger partial charge is 0.310 e. The second kappa shape index (κ2) is 25.5. The van der Waals surface area contributed by atoms with Crippen molar-refractivity contribution in [1.29, 1.82) is 0 Å². The first kappa shape index (κ1) is 47.2. The normalized spacial score (nSPS) is 16.3. The van der Waals surface area contributed by atoms with Gasteiger partial charge in [-0.25, -0.2) is 0 Å². The Kier molecular flexibility index (Phi) is 11.0. The van der Waals surface area contributed by atoms with Gasteiger partial charge in [0.15, 0.2) is 0 Å². The molecule has 0 atom stereocenters. The monoisotopic (exact) mass is 1430 g/mol. The molecule has 0 bridgehead atoms. The number of para-hydroxylation sites is 1. The fourth-order valence-corrected chi connectivity index (χ4v) is 15.4. The van der Waals surface area contributed by atoms with Crippen molar-refractivity contribution < 1.29 is 32.9 Å². The maximum Gasteiger partial charge on any atom is 0.252 e. The van der Waals surface area contributed by atoms with Gasteiger partial charge in [-0.2, -0.15) is 0 Å². The van der Waals surface area contributed by atoms with Gasteiger partial charge in [0.1, 0.15) is 0 Å². The van der Waals surface area contributed by atoms with Gasteiger partial charge in [-0.1, -0.05) is 304 Å². The van der Waals surface area contributed by atoms with Crippen LogP contribution in [0.3, 0.4) is 0 Å². The van der Waals surface area contributed by atoms with E-state index in [-0.39, 0.29) is 73.0 Å². The zero-order chi connectivity index (χ0) is 96.3.